The van der Waals surface area contributed by atoms with Crippen LogP contribution in [-0.4, -0.2) is 30.8 Å². The van der Waals surface area contributed by atoms with Crippen molar-refractivity contribution >= 4 is 23.2 Å². The van der Waals surface area contributed by atoms with Gasteiger partial charge < -0.3 is 20.9 Å². The standard InChI is InChI=1S/C25H26N4O2/c1-18-14-16-19(17-15-18)24(30)28-22(25(31)29(2)3)23(26-20-10-6-4-7-11-20)27-21-12-8-5-9-13-21/h4-17,26-27H,1-3H3,(H,28,30). The summed E-state index contributed by atoms with van der Waals surface area (Å²) < 4.78 is 0. The second-order valence-corrected chi connectivity index (χ2v) is 7.25. The first kappa shape index (κ1) is 21.6. The maximum absolute atomic E-state index is 13.1. The molecular formula is C25H26N4O2. The lowest BCUT2D eigenvalue weighted by Gasteiger charge is -2.21. The lowest BCUT2D eigenvalue weighted by atomic mass is 10.1. The summed E-state index contributed by atoms with van der Waals surface area (Å²) in [5, 5.41) is 9.27. The Morgan fingerprint density at radius 1 is 0.710 bits per heavy atom. The highest BCUT2D eigenvalue weighted by Crippen LogP contribution is 2.17. The van der Waals surface area contributed by atoms with Gasteiger partial charge in [0.1, 0.15) is 11.5 Å². The van der Waals surface area contributed by atoms with Crippen LogP contribution in [0.1, 0.15) is 15.9 Å². The van der Waals surface area contributed by atoms with Gasteiger partial charge >= 0.3 is 0 Å². The van der Waals surface area contributed by atoms with Crippen LogP contribution in [0.4, 0.5) is 11.4 Å². The minimum absolute atomic E-state index is 0.114. The number of likely N-dealkylation sites (N-methyl/N-ethyl adjacent to an activating group) is 1. The van der Waals surface area contributed by atoms with E-state index in [0.717, 1.165) is 16.9 Å². The van der Waals surface area contributed by atoms with Gasteiger partial charge in [0, 0.05) is 31.0 Å². The molecule has 0 atom stereocenters. The molecule has 0 heterocycles. The van der Waals surface area contributed by atoms with E-state index >= 15 is 0 Å². The predicted octanol–water partition coefficient (Wildman–Crippen LogP) is 4.21. The average Bonchev–Trinajstić information content (AvgIpc) is 2.78. The molecule has 3 aromatic carbocycles. The van der Waals surface area contributed by atoms with Gasteiger partial charge in [0.2, 0.25) is 0 Å². The zero-order valence-corrected chi connectivity index (χ0v) is 17.8. The average molecular weight is 415 g/mol. The summed E-state index contributed by atoms with van der Waals surface area (Å²) in [5.41, 5.74) is 3.18. The Labute approximate surface area is 182 Å². The van der Waals surface area contributed by atoms with Crippen LogP contribution in [0.5, 0.6) is 0 Å². The molecule has 0 unspecified atom stereocenters. The molecule has 0 fully saturated rings. The van der Waals surface area contributed by atoms with Crippen molar-refractivity contribution in [2.24, 2.45) is 0 Å². The van der Waals surface area contributed by atoms with Crippen molar-refractivity contribution in [2.75, 3.05) is 24.7 Å². The molecule has 31 heavy (non-hydrogen) atoms. The smallest absolute Gasteiger partial charge is 0.273 e. The zero-order valence-electron chi connectivity index (χ0n) is 17.8. The van der Waals surface area contributed by atoms with Crippen molar-refractivity contribution in [3.63, 3.8) is 0 Å². The van der Waals surface area contributed by atoms with Crippen LogP contribution in [-0.2, 0) is 4.79 Å². The topological polar surface area (TPSA) is 73.5 Å². The maximum atomic E-state index is 13.1. The molecule has 2 amide bonds. The van der Waals surface area contributed by atoms with Gasteiger partial charge in [-0.05, 0) is 43.3 Å². The van der Waals surface area contributed by atoms with Crippen molar-refractivity contribution in [1.82, 2.24) is 10.2 Å². The number of anilines is 2. The van der Waals surface area contributed by atoms with Crippen molar-refractivity contribution in [2.45, 2.75) is 6.92 Å². The number of carbonyl (C=O) groups is 2. The molecule has 0 saturated heterocycles. The first-order chi connectivity index (χ1) is 14.9. The number of para-hydroxylation sites is 2. The van der Waals surface area contributed by atoms with E-state index in [-0.39, 0.29) is 17.5 Å². The van der Waals surface area contributed by atoms with Gasteiger partial charge in [-0.25, -0.2) is 0 Å². The SMILES string of the molecule is Cc1ccc(C(=O)NC(C(=O)N(C)C)=C(Nc2ccccc2)Nc2ccccc2)cc1. The minimum Gasteiger partial charge on any atom is -0.343 e. The second-order valence-electron chi connectivity index (χ2n) is 7.25. The molecule has 6 nitrogen and oxygen atoms in total. The summed E-state index contributed by atoms with van der Waals surface area (Å²) >= 11 is 0. The Balaban J connectivity index is 2.03. The third kappa shape index (κ3) is 5.96. The third-order valence-electron chi connectivity index (χ3n) is 4.51. The Morgan fingerprint density at radius 3 is 1.65 bits per heavy atom. The fraction of sp³-hybridized carbons (Fsp3) is 0.120. The quantitative estimate of drug-likeness (QED) is 0.507. The molecule has 0 spiro atoms. The largest absolute Gasteiger partial charge is 0.343 e. The molecule has 3 aromatic rings. The van der Waals surface area contributed by atoms with E-state index in [1.807, 2.05) is 79.7 Å². The molecule has 0 aliphatic carbocycles. The Kier molecular flexibility index (Phi) is 7.06. The van der Waals surface area contributed by atoms with Crippen LogP contribution in [0.15, 0.2) is 96.4 Å². The zero-order chi connectivity index (χ0) is 22.2. The van der Waals surface area contributed by atoms with Gasteiger partial charge in [0.25, 0.3) is 11.8 Å². The summed E-state index contributed by atoms with van der Waals surface area (Å²) in [5.74, 6) is -0.341. The highest BCUT2D eigenvalue weighted by molar-refractivity contribution is 6.03. The van der Waals surface area contributed by atoms with Gasteiger partial charge in [0.15, 0.2) is 0 Å². The van der Waals surface area contributed by atoms with E-state index < -0.39 is 0 Å². The summed E-state index contributed by atoms with van der Waals surface area (Å²) in [4.78, 5) is 27.4. The highest BCUT2D eigenvalue weighted by Gasteiger charge is 2.21. The number of hydrogen-bond acceptors (Lipinski definition) is 4. The Hall–Kier alpha value is -4.06. The molecule has 0 aliphatic heterocycles. The highest BCUT2D eigenvalue weighted by atomic mass is 16.2. The van der Waals surface area contributed by atoms with Gasteiger partial charge in [-0.1, -0.05) is 54.1 Å². The molecule has 0 bridgehead atoms. The van der Waals surface area contributed by atoms with Gasteiger partial charge in [-0.2, -0.15) is 0 Å². The number of carbonyl (C=O) groups excluding carboxylic acids is 2. The molecule has 0 saturated carbocycles. The summed E-state index contributed by atoms with van der Waals surface area (Å²) in [7, 11) is 3.28. The summed E-state index contributed by atoms with van der Waals surface area (Å²) in [6.45, 7) is 1.95. The molecule has 6 heteroatoms. The summed E-state index contributed by atoms with van der Waals surface area (Å²) in [6, 6.07) is 26.1. The van der Waals surface area contributed by atoms with Crippen LogP contribution >= 0.6 is 0 Å². The van der Waals surface area contributed by atoms with Crippen LogP contribution in [0.3, 0.4) is 0 Å². The number of nitrogens with one attached hydrogen (secondary N) is 3. The monoisotopic (exact) mass is 414 g/mol. The van der Waals surface area contributed by atoms with Crippen molar-refractivity contribution in [3.05, 3.63) is 108 Å². The lowest BCUT2D eigenvalue weighted by Crippen LogP contribution is -2.37. The molecular weight excluding hydrogens is 388 g/mol. The van der Waals surface area contributed by atoms with Gasteiger partial charge in [0.05, 0.1) is 0 Å². The van der Waals surface area contributed by atoms with E-state index in [2.05, 4.69) is 16.0 Å². The van der Waals surface area contributed by atoms with E-state index in [1.165, 1.54) is 4.90 Å². The van der Waals surface area contributed by atoms with Crippen LogP contribution in [0, 0.1) is 6.92 Å². The van der Waals surface area contributed by atoms with Crippen molar-refractivity contribution < 1.29 is 9.59 Å². The minimum atomic E-state index is -0.368. The van der Waals surface area contributed by atoms with E-state index in [4.69, 9.17) is 0 Å². The van der Waals surface area contributed by atoms with E-state index in [9.17, 15) is 9.59 Å². The van der Waals surface area contributed by atoms with Crippen molar-refractivity contribution in [1.29, 1.82) is 0 Å². The number of aryl methyl sites for hydroxylation is 1. The molecule has 0 aromatic heterocycles. The normalized spacial score (nSPS) is 10.0. The Morgan fingerprint density at radius 2 is 1.19 bits per heavy atom. The second kappa shape index (κ2) is 10.1. The number of rotatable bonds is 7. The fourth-order valence-electron chi connectivity index (χ4n) is 2.83. The maximum Gasteiger partial charge on any atom is 0.273 e. The van der Waals surface area contributed by atoms with Crippen molar-refractivity contribution in [3.8, 4) is 0 Å². The lowest BCUT2D eigenvalue weighted by molar-refractivity contribution is -0.125. The molecule has 3 N–H and O–H groups in total. The molecule has 0 aliphatic rings. The van der Waals surface area contributed by atoms with E-state index in [0.29, 0.717) is 11.4 Å². The first-order valence-corrected chi connectivity index (χ1v) is 9.92. The van der Waals surface area contributed by atoms with Crippen LogP contribution < -0.4 is 16.0 Å². The number of benzene rings is 3. The number of amides is 2. The molecule has 0 radical (unpaired) electrons. The van der Waals surface area contributed by atoms with Gasteiger partial charge in [-0.3, -0.25) is 9.59 Å². The predicted molar refractivity (Wildman–Crippen MR) is 124 cm³/mol. The number of nitrogens with zero attached hydrogens (tertiary/aromatic N) is 1. The fourth-order valence-corrected chi connectivity index (χ4v) is 2.83. The van der Waals surface area contributed by atoms with Crippen LogP contribution in [0.25, 0.3) is 0 Å². The number of hydrogen-bond donors (Lipinski definition) is 3. The Bertz CT molecular complexity index is 1020. The molecule has 158 valence electrons. The van der Waals surface area contributed by atoms with Gasteiger partial charge in [-0.15, -0.1) is 0 Å². The third-order valence-corrected chi connectivity index (χ3v) is 4.51. The molecule has 3 rings (SSSR count). The first-order valence-electron chi connectivity index (χ1n) is 9.92. The summed E-state index contributed by atoms with van der Waals surface area (Å²) in [6.07, 6.45) is 0. The van der Waals surface area contributed by atoms with Crippen LogP contribution in [0.2, 0.25) is 0 Å². The van der Waals surface area contributed by atoms with E-state index in [1.54, 1.807) is 26.2 Å².